The molecule has 0 spiro atoms. The predicted octanol–water partition coefficient (Wildman–Crippen LogP) is 1.13. The van der Waals surface area contributed by atoms with Crippen LogP contribution in [0.15, 0.2) is 30.3 Å². The van der Waals surface area contributed by atoms with Gasteiger partial charge in [-0.25, -0.2) is 0 Å². The number of carbonyl (C=O) groups excluding carboxylic acids is 1. The Kier molecular flexibility index (Phi) is 4.93. The largest absolute Gasteiger partial charge is 0.393 e. The first-order chi connectivity index (χ1) is 9.19. The fraction of sp³-hybridized carbons (Fsp3) is 0.533. The number of amides is 1. The van der Waals surface area contributed by atoms with Gasteiger partial charge in [0.2, 0.25) is 5.91 Å². The third-order valence-electron chi connectivity index (χ3n) is 3.64. The standard InChI is InChI=1S/C15H21NO3/c1-19-10-15(18)16-14(12-8-13(17)9-12)7-11-5-3-2-4-6-11/h2-6,12-14,17H,7-10H2,1H3,(H,16,18)/t12?,13?,14-/m0/s1. The summed E-state index contributed by atoms with van der Waals surface area (Å²) >= 11 is 0. The zero-order valence-electron chi connectivity index (χ0n) is 11.2. The summed E-state index contributed by atoms with van der Waals surface area (Å²) in [6.45, 7) is 0.0839. The molecule has 1 aliphatic carbocycles. The maximum absolute atomic E-state index is 11.7. The van der Waals surface area contributed by atoms with Gasteiger partial charge in [0.15, 0.2) is 0 Å². The van der Waals surface area contributed by atoms with Crippen molar-refractivity contribution >= 4 is 5.91 Å². The minimum absolute atomic E-state index is 0.0773. The van der Waals surface area contributed by atoms with E-state index in [9.17, 15) is 9.90 Å². The number of carbonyl (C=O) groups is 1. The van der Waals surface area contributed by atoms with E-state index in [1.807, 2.05) is 18.2 Å². The van der Waals surface area contributed by atoms with Gasteiger partial charge in [-0.05, 0) is 30.7 Å². The fourth-order valence-electron chi connectivity index (χ4n) is 2.54. The van der Waals surface area contributed by atoms with Crippen molar-refractivity contribution in [3.8, 4) is 0 Å². The maximum Gasteiger partial charge on any atom is 0.246 e. The lowest BCUT2D eigenvalue weighted by atomic mass is 9.75. The van der Waals surface area contributed by atoms with Crippen LogP contribution in [0.25, 0.3) is 0 Å². The number of ether oxygens (including phenoxy) is 1. The molecule has 0 aliphatic heterocycles. The average molecular weight is 263 g/mol. The van der Waals surface area contributed by atoms with Crippen LogP contribution < -0.4 is 5.32 Å². The lowest BCUT2D eigenvalue weighted by molar-refractivity contribution is -0.126. The molecule has 104 valence electrons. The van der Waals surface area contributed by atoms with Crippen molar-refractivity contribution in [2.75, 3.05) is 13.7 Å². The van der Waals surface area contributed by atoms with Gasteiger partial charge in [0.05, 0.1) is 6.10 Å². The average Bonchev–Trinajstić information content (AvgIpc) is 2.36. The number of aliphatic hydroxyl groups excluding tert-OH is 1. The van der Waals surface area contributed by atoms with Crippen molar-refractivity contribution < 1.29 is 14.6 Å². The van der Waals surface area contributed by atoms with Gasteiger partial charge in [0, 0.05) is 13.2 Å². The van der Waals surface area contributed by atoms with Crippen LogP contribution in [0.4, 0.5) is 0 Å². The normalized spacial score (nSPS) is 23.5. The summed E-state index contributed by atoms with van der Waals surface area (Å²) in [5.41, 5.74) is 1.20. The molecule has 0 radical (unpaired) electrons. The van der Waals surface area contributed by atoms with Crippen LogP contribution in [-0.4, -0.2) is 36.9 Å². The Morgan fingerprint density at radius 1 is 1.42 bits per heavy atom. The van der Waals surface area contributed by atoms with Gasteiger partial charge in [-0.1, -0.05) is 30.3 Å². The second kappa shape index (κ2) is 6.68. The van der Waals surface area contributed by atoms with Gasteiger partial charge in [0.1, 0.15) is 6.61 Å². The number of aliphatic hydroxyl groups is 1. The van der Waals surface area contributed by atoms with Crippen LogP contribution in [0.5, 0.6) is 0 Å². The van der Waals surface area contributed by atoms with Crippen LogP contribution >= 0.6 is 0 Å². The number of rotatable bonds is 6. The van der Waals surface area contributed by atoms with Crippen LogP contribution in [-0.2, 0) is 16.0 Å². The molecule has 0 unspecified atom stereocenters. The SMILES string of the molecule is COCC(=O)N[C@@H](Cc1ccccc1)C1CC(O)C1. The lowest BCUT2D eigenvalue weighted by Crippen LogP contribution is -2.49. The molecule has 0 bridgehead atoms. The molecule has 4 nitrogen and oxygen atoms in total. The number of nitrogens with one attached hydrogen (secondary N) is 1. The summed E-state index contributed by atoms with van der Waals surface area (Å²) in [4.78, 5) is 11.7. The molecule has 0 heterocycles. The molecule has 2 N–H and O–H groups in total. The molecule has 0 saturated heterocycles. The third-order valence-corrected chi connectivity index (χ3v) is 3.64. The number of hydrogen-bond acceptors (Lipinski definition) is 3. The van der Waals surface area contributed by atoms with E-state index in [0.29, 0.717) is 5.92 Å². The second-order valence-electron chi connectivity index (χ2n) is 5.18. The molecular formula is C15H21NO3. The Morgan fingerprint density at radius 3 is 2.68 bits per heavy atom. The first-order valence-corrected chi connectivity index (χ1v) is 6.69. The van der Waals surface area contributed by atoms with Gasteiger partial charge < -0.3 is 15.2 Å². The summed E-state index contributed by atoms with van der Waals surface area (Å²) in [6, 6.07) is 10.2. The minimum atomic E-state index is -0.206. The molecular weight excluding hydrogens is 242 g/mol. The van der Waals surface area contributed by atoms with E-state index in [4.69, 9.17) is 4.74 Å². The van der Waals surface area contributed by atoms with Crippen molar-refractivity contribution in [2.45, 2.75) is 31.4 Å². The van der Waals surface area contributed by atoms with E-state index in [-0.39, 0.29) is 24.7 Å². The van der Waals surface area contributed by atoms with E-state index in [1.165, 1.54) is 12.7 Å². The van der Waals surface area contributed by atoms with Crippen molar-refractivity contribution in [2.24, 2.45) is 5.92 Å². The molecule has 19 heavy (non-hydrogen) atoms. The van der Waals surface area contributed by atoms with Gasteiger partial charge in [-0.15, -0.1) is 0 Å². The predicted molar refractivity (Wildman–Crippen MR) is 72.7 cm³/mol. The molecule has 0 aromatic heterocycles. The first-order valence-electron chi connectivity index (χ1n) is 6.69. The van der Waals surface area contributed by atoms with E-state index in [0.717, 1.165) is 19.3 Å². The summed E-state index contributed by atoms with van der Waals surface area (Å²) < 4.78 is 4.85. The number of hydrogen-bond donors (Lipinski definition) is 2. The van der Waals surface area contributed by atoms with Gasteiger partial charge in [-0.3, -0.25) is 4.79 Å². The zero-order valence-corrected chi connectivity index (χ0v) is 11.2. The summed E-state index contributed by atoms with van der Waals surface area (Å²) in [7, 11) is 1.51. The summed E-state index contributed by atoms with van der Waals surface area (Å²) in [5.74, 6) is 0.265. The Labute approximate surface area is 113 Å². The van der Waals surface area contributed by atoms with E-state index >= 15 is 0 Å². The molecule has 1 saturated carbocycles. The quantitative estimate of drug-likeness (QED) is 0.809. The second-order valence-corrected chi connectivity index (χ2v) is 5.18. The van der Waals surface area contributed by atoms with Crippen molar-refractivity contribution in [1.82, 2.24) is 5.32 Å². The van der Waals surface area contributed by atoms with Crippen LogP contribution in [0, 0.1) is 5.92 Å². The van der Waals surface area contributed by atoms with Crippen LogP contribution in [0.2, 0.25) is 0 Å². The number of methoxy groups -OCH3 is 1. The molecule has 1 aromatic rings. The smallest absolute Gasteiger partial charge is 0.246 e. The maximum atomic E-state index is 11.7. The Balaban J connectivity index is 1.96. The van der Waals surface area contributed by atoms with Gasteiger partial charge >= 0.3 is 0 Å². The Hall–Kier alpha value is -1.39. The highest BCUT2D eigenvalue weighted by Gasteiger charge is 2.34. The Bertz CT molecular complexity index is 401. The monoisotopic (exact) mass is 263 g/mol. The molecule has 1 aromatic carbocycles. The summed E-state index contributed by atoms with van der Waals surface area (Å²) in [6.07, 6.45) is 2.13. The molecule has 2 rings (SSSR count). The topological polar surface area (TPSA) is 58.6 Å². The zero-order chi connectivity index (χ0) is 13.7. The molecule has 1 amide bonds. The van der Waals surface area contributed by atoms with Crippen LogP contribution in [0.1, 0.15) is 18.4 Å². The molecule has 1 fully saturated rings. The molecule has 4 heteroatoms. The highest BCUT2D eigenvalue weighted by molar-refractivity contribution is 5.77. The third kappa shape index (κ3) is 4.04. The fourth-order valence-corrected chi connectivity index (χ4v) is 2.54. The van der Waals surface area contributed by atoms with Gasteiger partial charge in [0.25, 0.3) is 0 Å². The number of benzene rings is 1. The van der Waals surface area contributed by atoms with Gasteiger partial charge in [-0.2, -0.15) is 0 Å². The van der Waals surface area contributed by atoms with Crippen molar-refractivity contribution in [1.29, 1.82) is 0 Å². The first kappa shape index (κ1) is 14.0. The molecule has 1 atom stereocenters. The highest BCUT2D eigenvalue weighted by atomic mass is 16.5. The Morgan fingerprint density at radius 2 is 2.11 bits per heavy atom. The van der Waals surface area contributed by atoms with Crippen molar-refractivity contribution in [3.05, 3.63) is 35.9 Å². The molecule has 1 aliphatic rings. The van der Waals surface area contributed by atoms with E-state index in [2.05, 4.69) is 17.4 Å². The highest BCUT2D eigenvalue weighted by Crippen LogP contribution is 2.31. The van der Waals surface area contributed by atoms with Crippen molar-refractivity contribution in [3.63, 3.8) is 0 Å². The minimum Gasteiger partial charge on any atom is -0.393 e. The lowest BCUT2D eigenvalue weighted by Gasteiger charge is -2.38. The van der Waals surface area contributed by atoms with E-state index in [1.54, 1.807) is 0 Å². The van der Waals surface area contributed by atoms with E-state index < -0.39 is 0 Å². The van der Waals surface area contributed by atoms with Crippen LogP contribution in [0.3, 0.4) is 0 Å². The summed E-state index contributed by atoms with van der Waals surface area (Å²) in [5, 5.41) is 12.4.